The molecule has 0 saturated heterocycles. The Labute approximate surface area is 100 Å². The van der Waals surface area contributed by atoms with Gasteiger partial charge in [0.15, 0.2) is 0 Å². The molecule has 2 N–H and O–H groups in total. The molecule has 0 aliphatic heterocycles. The van der Waals surface area contributed by atoms with Gasteiger partial charge in [0.1, 0.15) is 0 Å². The zero-order valence-electron chi connectivity index (χ0n) is 8.73. The Hall–Kier alpha value is -1.73. The number of rotatable bonds is 2. The molecule has 2 rings (SSSR count). The van der Waals surface area contributed by atoms with Gasteiger partial charge in [0.2, 0.25) is 0 Å². The molecule has 2 heteroatoms. The molecule has 0 aliphatic carbocycles. The Bertz CT molecular complexity index is 470. The molecule has 0 fully saturated rings. The molecule has 0 saturated carbocycles. The van der Waals surface area contributed by atoms with Crippen molar-refractivity contribution in [2.24, 2.45) is 0 Å². The highest BCUT2D eigenvalue weighted by atomic mass is 35.5. The van der Waals surface area contributed by atoms with Crippen LogP contribution in [0.1, 0.15) is 11.1 Å². The molecule has 0 heterocycles. The molecule has 1 nitrogen and oxygen atoms in total. The van der Waals surface area contributed by atoms with E-state index in [4.69, 9.17) is 17.3 Å². The van der Waals surface area contributed by atoms with Gasteiger partial charge in [-0.1, -0.05) is 60.2 Å². The Kier molecular flexibility index (Phi) is 3.28. The van der Waals surface area contributed by atoms with Crippen LogP contribution < -0.4 is 5.73 Å². The maximum Gasteiger partial charge on any atom is 0.0478 e. The van der Waals surface area contributed by atoms with Gasteiger partial charge in [0.25, 0.3) is 0 Å². The summed E-state index contributed by atoms with van der Waals surface area (Å²) in [5, 5.41) is 0.744. The minimum atomic E-state index is 0.744. The SMILES string of the molecule is Nc1ccccc1C=Cc1ccccc1Cl. The van der Waals surface area contributed by atoms with E-state index in [2.05, 4.69) is 0 Å². The third-order valence-corrected chi connectivity index (χ3v) is 2.69. The monoisotopic (exact) mass is 229 g/mol. The third kappa shape index (κ3) is 2.44. The van der Waals surface area contributed by atoms with Crippen molar-refractivity contribution in [2.45, 2.75) is 0 Å². The van der Waals surface area contributed by atoms with Crippen molar-refractivity contribution in [1.29, 1.82) is 0 Å². The lowest BCUT2D eigenvalue weighted by atomic mass is 10.1. The van der Waals surface area contributed by atoms with Gasteiger partial charge >= 0.3 is 0 Å². The van der Waals surface area contributed by atoms with Crippen molar-refractivity contribution >= 4 is 29.4 Å². The number of hydrogen-bond acceptors (Lipinski definition) is 1. The summed E-state index contributed by atoms with van der Waals surface area (Å²) in [5.41, 5.74) is 8.60. The van der Waals surface area contributed by atoms with E-state index in [-0.39, 0.29) is 0 Å². The molecule has 80 valence electrons. The standard InChI is InChI=1S/C14H12ClN/c15-13-7-3-1-5-11(13)9-10-12-6-2-4-8-14(12)16/h1-10H,16H2. The van der Waals surface area contributed by atoms with Crippen LogP contribution in [0.2, 0.25) is 5.02 Å². The normalized spacial score (nSPS) is 10.8. The number of hydrogen-bond donors (Lipinski definition) is 1. The largest absolute Gasteiger partial charge is 0.398 e. The molecular formula is C14H12ClN. The highest BCUT2D eigenvalue weighted by Gasteiger charge is 1.95. The average molecular weight is 230 g/mol. The van der Waals surface area contributed by atoms with Gasteiger partial charge in [0.05, 0.1) is 0 Å². The summed E-state index contributed by atoms with van der Waals surface area (Å²) in [7, 11) is 0. The first-order valence-corrected chi connectivity index (χ1v) is 5.42. The van der Waals surface area contributed by atoms with Gasteiger partial charge in [-0.15, -0.1) is 0 Å². The highest BCUT2D eigenvalue weighted by molar-refractivity contribution is 6.32. The van der Waals surface area contributed by atoms with Crippen molar-refractivity contribution in [3.63, 3.8) is 0 Å². The number of halogens is 1. The van der Waals surface area contributed by atoms with Crippen LogP contribution in [0.15, 0.2) is 48.5 Å². The summed E-state index contributed by atoms with van der Waals surface area (Å²) in [4.78, 5) is 0. The van der Waals surface area contributed by atoms with Crippen molar-refractivity contribution in [3.8, 4) is 0 Å². The third-order valence-electron chi connectivity index (χ3n) is 2.34. The maximum absolute atomic E-state index is 6.05. The maximum atomic E-state index is 6.05. The van der Waals surface area contributed by atoms with E-state index in [1.165, 1.54) is 0 Å². The summed E-state index contributed by atoms with van der Waals surface area (Å²) >= 11 is 6.05. The van der Waals surface area contributed by atoms with Gasteiger partial charge in [-0.3, -0.25) is 0 Å². The molecule has 0 aliphatic rings. The van der Waals surface area contributed by atoms with E-state index in [0.29, 0.717) is 0 Å². The molecule has 0 unspecified atom stereocenters. The zero-order valence-corrected chi connectivity index (χ0v) is 9.48. The molecule has 0 atom stereocenters. The van der Waals surface area contributed by atoms with Crippen LogP contribution in [0.5, 0.6) is 0 Å². The average Bonchev–Trinajstić information content (AvgIpc) is 2.30. The molecule has 0 spiro atoms. The summed E-state index contributed by atoms with van der Waals surface area (Å²) < 4.78 is 0. The predicted molar refractivity (Wildman–Crippen MR) is 71.2 cm³/mol. The number of anilines is 1. The Morgan fingerprint density at radius 2 is 1.38 bits per heavy atom. The second kappa shape index (κ2) is 4.86. The quantitative estimate of drug-likeness (QED) is 0.609. The molecule has 0 radical (unpaired) electrons. The van der Waals surface area contributed by atoms with Crippen molar-refractivity contribution in [3.05, 3.63) is 64.7 Å². The van der Waals surface area contributed by atoms with Crippen LogP contribution in [-0.4, -0.2) is 0 Å². The fourth-order valence-electron chi connectivity index (χ4n) is 1.45. The first-order valence-electron chi connectivity index (χ1n) is 5.04. The zero-order chi connectivity index (χ0) is 11.4. The van der Waals surface area contributed by atoms with Crippen LogP contribution in [0.3, 0.4) is 0 Å². The van der Waals surface area contributed by atoms with E-state index in [9.17, 15) is 0 Å². The molecular weight excluding hydrogens is 218 g/mol. The Morgan fingerprint density at radius 3 is 2.06 bits per heavy atom. The second-order valence-electron chi connectivity index (χ2n) is 3.48. The summed E-state index contributed by atoms with van der Waals surface area (Å²) in [5.74, 6) is 0. The molecule has 0 aromatic heterocycles. The van der Waals surface area contributed by atoms with E-state index >= 15 is 0 Å². The van der Waals surface area contributed by atoms with Crippen molar-refractivity contribution in [1.82, 2.24) is 0 Å². The molecule has 16 heavy (non-hydrogen) atoms. The van der Waals surface area contributed by atoms with E-state index in [1.807, 2.05) is 60.7 Å². The summed E-state index contributed by atoms with van der Waals surface area (Å²) in [6, 6.07) is 15.4. The summed E-state index contributed by atoms with van der Waals surface area (Å²) in [6.07, 6.45) is 3.94. The highest BCUT2D eigenvalue weighted by Crippen LogP contribution is 2.19. The first-order chi connectivity index (χ1) is 7.77. The first kappa shape index (κ1) is 10.8. The Balaban J connectivity index is 2.29. The minimum Gasteiger partial charge on any atom is -0.398 e. The fraction of sp³-hybridized carbons (Fsp3) is 0. The number of nitrogen functional groups attached to an aromatic ring is 1. The van der Waals surface area contributed by atoms with Crippen LogP contribution in [0, 0.1) is 0 Å². The second-order valence-corrected chi connectivity index (χ2v) is 3.89. The van der Waals surface area contributed by atoms with Gasteiger partial charge < -0.3 is 5.73 Å². The molecule has 0 bridgehead atoms. The van der Waals surface area contributed by atoms with E-state index < -0.39 is 0 Å². The molecule has 2 aromatic carbocycles. The lowest BCUT2D eigenvalue weighted by Crippen LogP contribution is -1.87. The van der Waals surface area contributed by atoms with Crippen LogP contribution in [-0.2, 0) is 0 Å². The van der Waals surface area contributed by atoms with E-state index in [0.717, 1.165) is 21.8 Å². The van der Waals surface area contributed by atoms with Crippen molar-refractivity contribution < 1.29 is 0 Å². The van der Waals surface area contributed by atoms with Gasteiger partial charge in [-0.2, -0.15) is 0 Å². The lowest BCUT2D eigenvalue weighted by molar-refractivity contribution is 1.63. The number of benzene rings is 2. The minimum absolute atomic E-state index is 0.744. The van der Waals surface area contributed by atoms with Gasteiger partial charge in [0, 0.05) is 10.7 Å². The van der Waals surface area contributed by atoms with Crippen LogP contribution >= 0.6 is 11.6 Å². The van der Waals surface area contributed by atoms with Crippen LogP contribution in [0.4, 0.5) is 5.69 Å². The predicted octanol–water partition coefficient (Wildman–Crippen LogP) is 4.09. The topological polar surface area (TPSA) is 26.0 Å². The molecule has 2 aromatic rings. The van der Waals surface area contributed by atoms with Gasteiger partial charge in [-0.05, 0) is 23.3 Å². The number of nitrogens with two attached hydrogens (primary N) is 1. The fourth-order valence-corrected chi connectivity index (χ4v) is 1.65. The van der Waals surface area contributed by atoms with E-state index in [1.54, 1.807) is 0 Å². The Morgan fingerprint density at radius 1 is 0.812 bits per heavy atom. The van der Waals surface area contributed by atoms with Gasteiger partial charge in [-0.25, -0.2) is 0 Å². The lowest BCUT2D eigenvalue weighted by Gasteiger charge is -1.99. The molecule has 0 amide bonds. The van der Waals surface area contributed by atoms with Crippen molar-refractivity contribution in [2.75, 3.05) is 5.73 Å². The van der Waals surface area contributed by atoms with Crippen LogP contribution in [0.25, 0.3) is 12.2 Å². The number of para-hydroxylation sites is 1. The smallest absolute Gasteiger partial charge is 0.0478 e. The summed E-state index contributed by atoms with van der Waals surface area (Å²) in [6.45, 7) is 0.